The van der Waals surface area contributed by atoms with Crippen LogP contribution in [0.2, 0.25) is 0 Å². The van der Waals surface area contributed by atoms with Gasteiger partial charge in [-0.1, -0.05) is 6.07 Å². The largest absolute Gasteiger partial charge is 0.496 e. The first-order valence-corrected chi connectivity index (χ1v) is 6.78. The van der Waals surface area contributed by atoms with Crippen LogP contribution in [0.3, 0.4) is 0 Å². The van der Waals surface area contributed by atoms with Crippen LogP contribution in [-0.2, 0) is 9.47 Å². The number of aromatic nitrogens is 1. The molecule has 1 aromatic carbocycles. The molecule has 0 saturated carbocycles. The van der Waals surface area contributed by atoms with Gasteiger partial charge in [-0.25, -0.2) is 14.2 Å². The van der Waals surface area contributed by atoms with E-state index < -0.39 is 17.7 Å². The van der Waals surface area contributed by atoms with E-state index >= 15 is 0 Å². The second-order valence-corrected chi connectivity index (χ2v) is 5.73. The first kappa shape index (κ1) is 15.9. The van der Waals surface area contributed by atoms with Gasteiger partial charge in [0.05, 0.1) is 19.7 Å². The Labute approximate surface area is 128 Å². The molecule has 0 N–H and O–H groups in total. The summed E-state index contributed by atoms with van der Waals surface area (Å²) in [6.07, 6.45) is -0.642. The Hall–Kier alpha value is -2.50. The van der Waals surface area contributed by atoms with Crippen molar-refractivity contribution in [2.75, 3.05) is 14.2 Å². The number of rotatable bonds is 2. The van der Waals surface area contributed by atoms with Crippen LogP contribution in [0.5, 0.6) is 5.75 Å². The zero-order chi connectivity index (χ0) is 16.5. The number of carbonyl (C=O) groups excluding carboxylic acids is 2. The molecule has 0 radical (unpaired) electrons. The summed E-state index contributed by atoms with van der Waals surface area (Å²) in [5, 5.41) is 0.635. The number of ether oxygens (including phenoxy) is 3. The van der Waals surface area contributed by atoms with Crippen molar-refractivity contribution in [1.29, 1.82) is 0 Å². The lowest BCUT2D eigenvalue weighted by Crippen LogP contribution is -2.29. The molecular formula is C16H19NO5. The summed E-state index contributed by atoms with van der Waals surface area (Å²) in [5.74, 6) is -0.0610. The molecule has 118 valence electrons. The van der Waals surface area contributed by atoms with Gasteiger partial charge in [0, 0.05) is 5.39 Å². The van der Waals surface area contributed by atoms with Crippen LogP contribution in [0.15, 0.2) is 24.3 Å². The van der Waals surface area contributed by atoms with Gasteiger partial charge >= 0.3 is 12.1 Å². The summed E-state index contributed by atoms with van der Waals surface area (Å²) in [5.41, 5.74) is -0.0647. The number of hydrogen-bond donors (Lipinski definition) is 0. The van der Waals surface area contributed by atoms with Crippen molar-refractivity contribution in [3.63, 3.8) is 0 Å². The lowest BCUT2D eigenvalue weighted by Gasteiger charge is -2.20. The zero-order valence-electron chi connectivity index (χ0n) is 13.3. The molecule has 1 aromatic heterocycles. The second-order valence-electron chi connectivity index (χ2n) is 5.73. The molecule has 2 rings (SSSR count). The van der Waals surface area contributed by atoms with Crippen LogP contribution < -0.4 is 4.74 Å². The Bertz CT molecular complexity index is 724. The fourth-order valence-corrected chi connectivity index (χ4v) is 2.14. The summed E-state index contributed by atoms with van der Waals surface area (Å²) in [4.78, 5) is 24.5. The van der Waals surface area contributed by atoms with Gasteiger partial charge in [-0.3, -0.25) is 0 Å². The third kappa shape index (κ3) is 2.90. The Kier molecular flexibility index (Phi) is 4.12. The molecule has 6 heteroatoms. The van der Waals surface area contributed by atoms with Crippen LogP contribution in [-0.4, -0.2) is 36.5 Å². The highest BCUT2D eigenvalue weighted by Crippen LogP contribution is 2.29. The minimum Gasteiger partial charge on any atom is -0.496 e. The molecule has 1 heterocycles. The number of hydrogen-bond acceptors (Lipinski definition) is 5. The topological polar surface area (TPSA) is 66.8 Å². The van der Waals surface area contributed by atoms with Gasteiger partial charge < -0.3 is 14.2 Å². The number of benzene rings is 1. The smallest absolute Gasteiger partial charge is 0.419 e. The van der Waals surface area contributed by atoms with Crippen molar-refractivity contribution < 1.29 is 23.8 Å². The summed E-state index contributed by atoms with van der Waals surface area (Å²) in [6.45, 7) is 5.28. The van der Waals surface area contributed by atoms with Gasteiger partial charge in [0.15, 0.2) is 0 Å². The maximum absolute atomic E-state index is 12.5. The molecule has 0 saturated heterocycles. The minimum absolute atomic E-state index is 0.0938. The van der Waals surface area contributed by atoms with Gasteiger partial charge in [-0.2, -0.15) is 0 Å². The monoisotopic (exact) mass is 305 g/mol. The van der Waals surface area contributed by atoms with Crippen LogP contribution >= 0.6 is 0 Å². The first-order valence-electron chi connectivity index (χ1n) is 6.78. The van der Waals surface area contributed by atoms with Gasteiger partial charge in [0.2, 0.25) is 0 Å². The van der Waals surface area contributed by atoms with Crippen LogP contribution in [0.25, 0.3) is 10.9 Å². The average molecular weight is 305 g/mol. The van der Waals surface area contributed by atoms with Crippen molar-refractivity contribution in [2.45, 2.75) is 26.4 Å². The number of nitrogens with zero attached hydrogens (tertiary/aromatic N) is 1. The Morgan fingerprint density at radius 3 is 2.36 bits per heavy atom. The third-order valence-corrected chi connectivity index (χ3v) is 3.00. The van der Waals surface area contributed by atoms with Crippen molar-refractivity contribution in [3.8, 4) is 5.75 Å². The predicted molar refractivity (Wildman–Crippen MR) is 81.5 cm³/mol. The van der Waals surface area contributed by atoms with Crippen molar-refractivity contribution in [1.82, 2.24) is 4.57 Å². The van der Waals surface area contributed by atoms with Crippen molar-refractivity contribution in [3.05, 3.63) is 30.0 Å². The van der Waals surface area contributed by atoms with Gasteiger partial charge in [0.25, 0.3) is 0 Å². The number of methoxy groups -OCH3 is 2. The molecular weight excluding hydrogens is 286 g/mol. The maximum Gasteiger partial charge on any atom is 0.419 e. The van der Waals surface area contributed by atoms with E-state index in [2.05, 4.69) is 0 Å². The van der Waals surface area contributed by atoms with E-state index in [0.29, 0.717) is 16.7 Å². The SMILES string of the molecule is COC(=O)c1cc2c(OC)cccc2n1C(=O)OC(C)(C)C. The number of carbonyl (C=O) groups is 2. The Balaban J connectivity index is 2.68. The summed E-state index contributed by atoms with van der Waals surface area (Å²) in [6, 6.07) is 6.77. The van der Waals surface area contributed by atoms with E-state index in [1.54, 1.807) is 45.0 Å². The molecule has 0 unspecified atom stereocenters. The number of fused-ring (bicyclic) bond motifs is 1. The highest BCUT2D eigenvalue weighted by Gasteiger charge is 2.26. The van der Waals surface area contributed by atoms with E-state index in [4.69, 9.17) is 14.2 Å². The maximum atomic E-state index is 12.5. The summed E-state index contributed by atoms with van der Waals surface area (Å²) >= 11 is 0. The van der Waals surface area contributed by atoms with E-state index in [1.807, 2.05) is 0 Å². The normalized spacial score (nSPS) is 11.3. The van der Waals surface area contributed by atoms with Gasteiger partial charge in [-0.05, 0) is 39.0 Å². The van der Waals surface area contributed by atoms with Crippen LogP contribution in [0.1, 0.15) is 31.3 Å². The quantitative estimate of drug-likeness (QED) is 0.797. The molecule has 22 heavy (non-hydrogen) atoms. The zero-order valence-corrected chi connectivity index (χ0v) is 13.3. The Morgan fingerprint density at radius 2 is 1.82 bits per heavy atom. The number of esters is 1. The van der Waals surface area contributed by atoms with Crippen molar-refractivity contribution >= 4 is 23.0 Å². The third-order valence-electron chi connectivity index (χ3n) is 3.00. The summed E-state index contributed by atoms with van der Waals surface area (Å²) in [7, 11) is 2.79. The highest BCUT2D eigenvalue weighted by molar-refractivity contribution is 6.03. The fourth-order valence-electron chi connectivity index (χ4n) is 2.14. The molecule has 0 aliphatic heterocycles. The molecule has 0 spiro atoms. The molecule has 0 aliphatic carbocycles. The van der Waals surface area contributed by atoms with Crippen LogP contribution in [0.4, 0.5) is 4.79 Å². The predicted octanol–water partition coefficient (Wildman–Crippen LogP) is 3.22. The standard InChI is InChI=1S/C16H19NO5/c1-16(2,3)22-15(19)17-11-7-6-8-13(20-4)10(11)9-12(17)14(18)21-5/h6-9H,1-5H3. The van der Waals surface area contributed by atoms with Gasteiger partial charge in [0.1, 0.15) is 17.0 Å². The van der Waals surface area contributed by atoms with E-state index in [1.165, 1.54) is 18.8 Å². The van der Waals surface area contributed by atoms with E-state index in [0.717, 1.165) is 0 Å². The summed E-state index contributed by atoms with van der Waals surface area (Å²) < 4.78 is 16.6. The van der Waals surface area contributed by atoms with Gasteiger partial charge in [-0.15, -0.1) is 0 Å². The van der Waals surface area contributed by atoms with Crippen LogP contribution in [0, 0.1) is 0 Å². The average Bonchev–Trinajstić information content (AvgIpc) is 2.83. The molecule has 2 aromatic rings. The van der Waals surface area contributed by atoms with E-state index in [9.17, 15) is 9.59 Å². The van der Waals surface area contributed by atoms with Crippen molar-refractivity contribution in [2.24, 2.45) is 0 Å². The minimum atomic E-state index is -0.681. The lowest BCUT2D eigenvalue weighted by molar-refractivity contribution is 0.0490. The fraction of sp³-hybridized carbons (Fsp3) is 0.375. The van der Waals surface area contributed by atoms with E-state index in [-0.39, 0.29) is 5.69 Å². The molecule has 0 amide bonds. The first-order chi connectivity index (χ1) is 10.3. The Morgan fingerprint density at radius 1 is 1.14 bits per heavy atom. The molecule has 0 bridgehead atoms. The molecule has 0 aliphatic rings. The second kappa shape index (κ2) is 5.71. The molecule has 0 fully saturated rings. The highest BCUT2D eigenvalue weighted by atomic mass is 16.6. The lowest BCUT2D eigenvalue weighted by atomic mass is 10.2. The molecule has 6 nitrogen and oxygen atoms in total. The molecule has 0 atom stereocenters.